The first-order chi connectivity index (χ1) is 7.06. The van der Waals surface area contributed by atoms with Crippen LogP contribution in [0.2, 0.25) is 0 Å². The highest BCUT2D eigenvalue weighted by molar-refractivity contribution is 5.82. The molecule has 82 valence electrons. The van der Waals surface area contributed by atoms with E-state index in [0.717, 1.165) is 17.7 Å². The van der Waals surface area contributed by atoms with Crippen LogP contribution in [0.1, 0.15) is 24.8 Å². The van der Waals surface area contributed by atoms with E-state index in [1.54, 1.807) is 0 Å². The first-order valence-electron chi connectivity index (χ1n) is 5.12. The van der Waals surface area contributed by atoms with Gasteiger partial charge in [0.05, 0.1) is 5.92 Å². The van der Waals surface area contributed by atoms with Crippen LogP contribution in [0, 0.1) is 0 Å². The second kappa shape index (κ2) is 4.82. The van der Waals surface area contributed by atoms with Gasteiger partial charge in [-0.25, -0.2) is 0 Å². The van der Waals surface area contributed by atoms with Gasteiger partial charge in [0.1, 0.15) is 0 Å². The number of carbonyl (C=O) groups is 1. The summed E-state index contributed by atoms with van der Waals surface area (Å²) in [5.74, 6) is -0.432. The van der Waals surface area contributed by atoms with Gasteiger partial charge in [-0.2, -0.15) is 0 Å². The minimum atomic E-state index is -0.256. The maximum Gasteiger partial charge on any atom is 0.224 e. The highest BCUT2D eigenvalue weighted by atomic mass is 16.1. The summed E-state index contributed by atoms with van der Waals surface area (Å²) in [6.07, 6.45) is 0.742. The van der Waals surface area contributed by atoms with E-state index in [4.69, 9.17) is 5.73 Å². The number of benzene rings is 1. The predicted molar refractivity (Wildman–Crippen MR) is 63.0 cm³/mol. The van der Waals surface area contributed by atoms with Crippen LogP contribution in [0.25, 0.3) is 0 Å². The molecule has 0 spiro atoms. The second-order valence-electron chi connectivity index (χ2n) is 3.85. The van der Waals surface area contributed by atoms with E-state index >= 15 is 0 Å². The van der Waals surface area contributed by atoms with Gasteiger partial charge in [-0.05, 0) is 24.1 Å². The predicted octanol–water partition coefficient (Wildman–Crippen LogP) is 1.73. The van der Waals surface area contributed by atoms with Crippen LogP contribution < -0.4 is 10.6 Å². The van der Waals surface area contributed by atoms with Gasteiger partial charge >= 0.3 is 0 Å². The Morgan fingerprint density at radius 3 is 2.60 bits per heavy atom. The molecule has 3 heteroatoms. The Kier molecular flexibility index (Phi) is 3.72. The van der Waals surface area contributed by atoms with Crippen LogP contribution in [0.5, 0.6) is 0 Å². The lowest BCUT2D eigenvalue weighted by atomic mass is 9.95. The minimum absolute atomic E-state index is 0.176. The number of hydrogen-bond acceptors (Lipinski definition) is 2. The summed E-state index contributed by atoms with van der Waals surface area (Å²) in [5, 5.41) is 0. The Labute approximate surface area is 90.9 Å². The fourth-order valence-corrected chi connectivity index (χ4v) is 1.62. The molecule has 0 bridgehead atoms. The molecule has 3 nitrogen and oxygen atoms in total. The van der Waals surface area contributed by atoms with Crippen LogP contribution >= 0.6 is 0 Å². The molecule has 15 heavy (non-hydrogen) atoms. The van der Waals surface area contributed by atoms with Gasteiger partial charge in [0.15, 0.2) is 0 Å². The molecule has 2 N–H and O–H groups in total. The second-order valence-corrected chi connectivity index (χ2v) is 3.85. The topological polar surface area (TPSA) is 46.3 Å². The first-order valence-corrected chi connectivity index (χ1v) is 5.12. The summed E-state index contributed by atoms with van der Waals surface area (Å²) in [4.78, 5) is 13.2. The number of nitrogens with two attached hydrogens (primary N) is 1. The summed E-state index contributed by atoms with van der Waals surface area (Å²) in [7, 11) is 3.95. The smallest absolute Gasteiger partial charge is 0.224 e. The molecule has 0 aliphatic rings. The largest absolute Gasteiger partial charge is 0.378 e. The molecule has 0 heterocycles. The van der Waals surface area contributed by atoms with E-state index < -0.39 is 0 Å². The molecule has 1 unspecified atom stereocenters. The van der Waals surface area contributed by atoms with Crippen LogP contribution in [0.4, 0.5) is 5.69 Å². The van der Waals surface area contributed by atoms with Crippen molar-refractivity contribution in [1.29, 1.82) is 0 Å². The van der Waals surface area contributed by atoms with Crippen molar-refractivity contribution in [2.75, 3.05) is 19.0 Å². The normalized spacial score (nSPS) is 12.2. The van der Waals surface area contributed by atoms with Crippen molar-refractivity contribution in [3.63, 3.8) is 0 Å². The first kappa shape index (κ1) is 11.6. The van der Waals surface area contributed by atoms with Crippen molar-refractivity contribution < 1.29 is 4.79 Å². The summed E-state index contributed by atoms with van der Waals surface area (Å²) < 4.78 is 0. The lowest BCUT2D eigenvalue weighted by Gasteiger charge is -2.16. The van der Waals surface area contributed by atoms with Crippen molar-refractivity contribution in [3.8, 4) is 0 Å². The van der Waals surface area contributed by atoms with Gasteiger partial charge in [0.2, 0.25) is 5.91 Å². The number of hydrogen-bond donors (Lipinski definition) is 1. The Morgan fingerprint density at radius 2 is 2.13 bits per heavy atom. The fourth-order valence-electron chi connectivity index (χ4n) is 1.62. The zero-order valence-corrected chi connectivity index (χ0v) is 9.53. The van der Waals surface area contributed by atoms with E-state index in [9.17, 15) is 4.79 Å². The average molecular weight is 206 g/mol. The third kappa shape index (κ3) is 2.72. The van der Waals surface area contributed by atoms with E-state index in [1.807, 2.05) is 50.2 Å². The number of amides is 1. The number of primary amides is 1. The van der Waals surface area contributed by atoms with E-state index in [1.165, 1.54) is 0 Å². The average Bonchev–Trinajstić information content (AvgIpc) is 2.18. The molecule has 0 saturated carbocycles. The number of rotatable bonds is 4. The molecule has 1 rings (SSSR count). The third-order valence-corrected chi connectivity index (χ3v) is 2.54. The zero-order chi connectivity index (χ0) is 11.4. The molecule has 0 aliphatic heterocycles. The Balaban J connectivity index is 3.03. The fraction of sp³-hybridized carbons (Fsp3) is 0.417. The molecule has 0 aliphatic carbocycles. The number of carbonyl (C=O) groups excluding carboxylic acids is 1. The van der Waals surface area contributed by atoms with E-state index in [2.05, 4.69) is 0 Å². The molecule has 1 aromatic rings. The third-order valence-electron chi connectivity index (χ3n) is 2.54. The van der Waals surface area contributed by atoms with Gasteiger partial charge in [-0.1, -0.05) is 19.1 Å². The van der Waals surface area contributed by atoms with Crippen molar-refractivity contribution in [2.24, 2.45) is 5.73 Å². The van der Waals surface area contributed by atoms with Crippen molar-refractivity contribution >= 4 is 11.6 Å². The quantitative estimate of drug-likeness (QED) is 0.815. The maximum atomic E-state index is 11.2. The molecule has 0 saturated heterocycles. The van der Waals surface area contributed by atoms with Crippen molar-refractivity contribution in [2.45, 2.75) is 19.3 Å². The van der Waals surface area contributed by atoms with Crippen molar-refractivity contribution in [1.82, 2.24) is 0 Å². The zero-order valence-electron chi connectivity index (χ0n) is 9.53. The van der Waals surface area contributed by atoms with Crippen LogP contribution in [0.15, 0.2) is 24.3 Å². The minimum Gasteiger partial charge on any atom is -0.378 e. The van der Waals surface area contributed by atoms with Crippen LogP contribution in [-0.2, 0) is 4.79 Å². The lowest BCUT2D eigenvalue weighted by Crippen LogP contribution is -2.21. The number of nitrogens with zero attached hydrogens (tertiary/aromatic N) is 1. The molecular formula is C12H18N2O. The Hall–Kier alpha value is -1.51. The van der Waals surface area contributed by atoms with Gasteiger partial charge in [0, 0.05) is 19.8 Å². The molecule has 0 aromatic heterocycles. The summed E-state index contributed by atoms with van der Waals surface area (Å²) in [6, 6.07) is 7.93. The van der Waals surface area contributed by atoms with Gasteiger partial charge in [0.25, 0.3) is 0 Å². The Bertz CT molecular complexity index is 347. The summed E-state index contributed by atoms with van der Waals surface area (Å²) >= 11 is 0. The van der Waals surface area contributed by atoms with Gasteiger partial charge in [-0.15, -0.1) is 0 Å². The number of anilines is 1. The molecule has 1 aromatic carbocycles. The van der Waals surface area contributed by atoms with Gasteiger partial charge < -0.3 is 10.6 Å². The van der Waals surface area contributed by atoms with Crippen LogP contribution in [-0.4, -0.2) is 20.0 Å². The Morgan fingerprint density at radius 1 is 1.47 bits per heavy atom. The highest BCUT2D eigenvalue weighted by Crippen LogP contribution is 2.23. The van der Waals surface area contributed by atoms with E-state index in [-0.39, 0.29) is 11.8 Å². The van der Waals surface area contributed by atoms with Gasteiger partial charge in [-0.3, -0.25) is 4.79 Å². The molecule has 0 radical (unpaired) electrons. The monoisotopic (exact) mass is 206 g/mol. The highest BCUT2D eigenvalue weighted by Gasteiger charge is 2.15. The molecule has 1 atom stereocenters. The molecular weight excluding hydrogens is 188 g/mol. The molecule has 1 amide bonds. The lowest BCUT2D eigenvalue weighted by molar-refractivity contribution is -0.119. The van der Waals surface area contributed by atoms with Crippen LogP contribution in [0.3, 0.4) is 0 Å². The van der Waals surface area contributed by atoms with E-state index in [0.29, 0.717) is 0 Å². The summed E-state index contributed by atoms with van der Waals surface area (Å²) in [6.45, 7) is 1.97. The summed E-state index contributed by atoms with van der Waals surface area (Å²) in [5.41, 5.74) is 7.44. The standard InChI is InChI=1S/C12H18N2O/c1-4-11(12(13)15)9-6-5-7-10(8-9)14(2)3/h5-8,11H,4H2,1-3H3,(H2,13,15). The van der Waals surface area contributed by atoms with Crippen molar-refractivity contribution in [3.05, 3.63) is 29.8 Å². The maximum absolute atomic E-state index is 11.2. The molecule has 0 fully saturated rings. The SMILES string of the molecule is CCC(C(N)=O)c1cccc(N(C)C)c1.